The van der Waals surface area contributed by atoms with Crippen LogP contribution in [0.4, 0.5) is 23.2 Å². The second-order valence-corrected chi connectivity index (χ2v) is 7.55. The predicted molar refractivity (Wildman–Crippen MR) is 118 cm³/mol. The molecule has 0 unspecified atom stereocenters. The van der Waals surface area contributed by atoms with E-state index in [-0.39, 0.29) is 28.0 Å². The van der Waals surface area contributed by atoms with Crippen molar-refractivity contribution < 1.29 is 31.5 Å². The molecule has 1 aromatic heterocycles. The molecule has 0 fully saturated rings. The van der Waals surface area contributed by atoms with Gasteiger partial charge in [-0.15, -0.1) is 0 Å². The molecule has 0 bridgehead atoms. The minimum absolute atomic E-state index is 0.00230. The number of fused-ring (bicyclic) bond motifs is 1. The maximum Gasteiger partial charge on any atom is 0.450 e. The van der Waals surface area contributed by atoms with E-state index in [2.05, 4.69) is 5.32 Å². The molecule has 1 heterocycles. The van der Waals surface area contributed by atoms with Crippen LogP contribution in [0.2, 0.25) is 5.02 Å². The minimum Gasteiger partial charge on any atom is -0.484 e. The Hall–Kier alpha value is -3.85. The van der Waals surface area contributed by atoms with Crippen LogP contribution in [-0.4, -0.2) is 12.5 Å². The van der Waals surface area contributed by atoms with Crippen LogP contribution >= 0.6 is 11.6 Å². The average Bonchev–Trinajstić information content (AvgIpc) is 2.79. The van der Waals surface area contributed by atoms with Crippen LogP contribution in [0, 0.1) is 5.82 Å². The number of hydrogen-bond donors (Lipinski definition) is 1. The van der Waals surface area contributed by atoms with E-state index in [9.17, 15) is 27.2 Å². The summed E-state index contributed by atoms with van der Waals surface area (Å²) in [6, 6.07) is 14.5. The fourth-order valence-corrected chi connectivity index (χ4v) is 3.37. The van der Waals surface area contributed by atoms with Gasteiger partial charge in [0.1, 0.15) is 17.1 Å². The Morgan fingerprint density at radius 1 is 1.03 bits per heavy atom. The van der Waals surface area contributed by atoms with E-state index in [0.29, 0.717) is 5.02 Å². The summed E-state index contributed by atoms with van der Waals surface area (Å²) >= 11 is 5.80. The summed E-state index contributed by atoms with van der Waals surface area (Å²) in [7, 11) is 0. The first-order valence-electron chi connectivity index (χ1n) is 9.74. The number of benzene rings is 3. The van der Waals surface area contributed by atoms with Gasteiger partial charge in [0.2, 0.25) is 11.2 Å². The summed E-state index contributed by atoms with van der Waals surface area (Å²) in [6.07, 6.45) is -4.96. The molecule has 4 aromatic rings. The van der Waals surface area contributed by atoms with E-state index in [4.69, 9.17) is 20.8 Å². The number of carbonyl (C=O) groups excluding carboxylic acids is 1. The zero-order valence-electron chi connectivity index (χ0n) is 17.1. The predicted octanol–water partition coefficient (Wildman–Crippen LogP) is 6.29. The van der Waals surface area contributed by atoms with Crippen molar-refractivity contribution in [3.05, 3.63) is 93.6 Å². The fraction of sp³-hybridized carbons (Fsp3) is 0.0833. The summed E-state index contributed by atoms with van der Waals surface area (Å²) in [5.41, 5.74) is -1.96. The minimum atomic E-state index is -4.96. The largest absolute Gasteiger partial charge is 0.484 e. The highest BCUT2D eigenvalue weighted by Gasteiger charge is 2.39. The molecule has 34 heavy (non-hydrogen) atoms. The van der Waals surface area contributed by atoms with Crippen molar-refractivity contribution >= 4 is 34.2 Å². The number of halogens is 5. The van der Waals surface area contributed by atoms with Crippen LogP contribution < -0.4 is 15.5 Å². The number of rotatable bonds is 5. The van der Waals surface area contributed by atoms with Gasteiger partial charge in [0, 0.05) is 11.1 Å². The lowest BCUT2D eigenvalue weighted by Crippen LogP contribution is -2.20. The number of carbonyl (C=O) groups is 1. The maximum atomic E-state index is 13.7. The van der Waals surface area contributed by atoms with Crippen LogP contribution in [0.15, 0.2) is 75.9 Å². The number of amides is 1. The van der Waals surface area contributed by atoms with E-state index in [1.54, 1.807) is 0 Å². The lowest BCUT2D eigenvalue weighted by atomic mass is 10.0. The zero-order valence-corrected chi connectivity index (χ0v) is 17.8. The summed E-state index contributed by atoms with van der Waals surface area (Å²) < 4.78 is 65.2. The van der Waals surface area contributed by atoms with Gasteiger partial charge in [-0.2, -0.15) is 13.2 Å². The normalized spacial score (nSPS) is 11.4. The molecule has 0 aliphatic heterocycles. The van der Waals surface area contributed by atoms with Crippen molar-refractivity contribution in [2.24, 2.45) is 0 Å². The Kier molecular flexibility index (Phi) is 6.30. The molecule has 4 rings (SSSR count). The molecule has 0 saturated carbocycles. The number of nitrogens with one attached hydrogen (secondary N) is 1. The van der Waals surface area contributed by atoms with Crippen molar-refractivity contribution in [2.75, 3.05) is 11.9 Å². The molecule has 1 N–H and O–H groups in total. The van der Waals surface area contributed by atoms with E-state index >= 15 is 0 Å². The Morgan fingerprint density at radius 3 is 2.41 bits per heavy atom. The van der Waals surface area contributed by atoms with Crippen molar-refractivity contribution in [3.63, 3.8) is 0 Å². The Labute approximate surface area is 194 Å². The standard InChI is InChI=1S/C24H14ClF4NO4/c25-14-7-5-13(6-8-14)21-22(32)16-10-9-15(11-19(16)34-23(21)24(27,28)29)33-12-20(31)30-18-4-2-1-3-17(18)26/h1-11H,12H2,(H,30,31). The first kappa shape index (κ1) is 23.3. The Morgan fingerprint density at radius 2 is 1.74 bits per heavy atom. The van der Waals surface area contributed by atoms with Gasteiger partial charge < -0.3 is 14.5 Å². The summed E-state index contributed by atoms with van der Waals surface area (Å²) in [6.45, 7) is -0.556. The molecule has 0 aliphatic rings. The summed E-state index contributed by atoms with van der Waals surface area (Å²) in [4.78, 5) is 25.0. The van der Waals surface area contributed by atoms with Gasteiger partial charge in [-0.05, 0) is 42.0 Å². The van der Waals surface area contributed by atoms with E-state index in [1.165, 1.54) is 60.7 Å². The number of alkyl halides is 3. The van der Waals surface area contributed by atoms with Crippen LogP contribution in [-0.2, 0) is 11.0 Å². The molecule has 10 heteroatoms. The molecule has 3 aromatic carbocycles. The first-order valence-corrected chi connectivity index (χ1v) is 10.1. The first-order chi connectivity index (χ1) is 16.1. The monoisotopic (exact) mass is 491 g/mol. The third-order valence-electron chi connectivity index (χ3n) is 4.77. The van der Waals surface area contributed by atoms with Gasteiger partial charge in [-0.3, -0.25) is 9.59 Å². The van der Waals surface area contributed by atoms with Crippen LogP contribution in [0.3, 0.4) is 0 Å². The highest BCUT2D eigenvalue weighted by Crippen LogP contribution is 2.38. The number of ether oxygens (including phenoxy) is 1. The van der Waals surface area contributed by atoms with E-state index in [0.717, 1.165) is 6.07 Å². The van der Waals surface area contributed by atoms with Gasteiger partial charge in [-0.1, -0.05) is 35.9 Å². The fourth-order valence-electron chi connectivity index (χ4n) is 3.24. The van der Waals surface area contributed by atoms with Crippen molar-refractivity contribution in [1.82, 2.24) is 0 Å². The van der Waals surface area contributed by atoms with E-state index < -0.39 is 41.3 Å². The molecule has 0 saturated heterocycles. The number of para-hydroxylation sites is 1. The second-order valence-electron chi connectivity index (χ2n) is 7.11. The highest BCUT2D eigenvalue weighted by molar-refractivity contribution is 6.30. The van der Waals surface area contributed by atoms with Crippen molar-refractivity contribution in [3.8, 4) is 16.9 Å². The van der Waals surface area contributed by atoms with Gasteiger partial charge in [0.25, 0.3) is 5.91 Å². The van der Waals surface area contributed by atoms with Gasteiger partial charge in [0.05, 0.1) is 16.6 Å². The van der Waals surface area contributed by atoms with Gasteiger partial charge in [-0.25, -0.2) is 4.39 Å². The van der Waals surface area contributed by atoms with Crippen molar-refractivity contribution in [1.29, 1.82) is 0 Å². The number of hydrogen-bond acceptors (Lipinski definition) is 4. The van der Waals surface area contributed by atoms with E-state index in [1.807, 2.05) is 0 Å². The smallest absolute Gasteiger partial charge is 0.450 e. The molecule has 0 atom stereocenters. The van der Waals surface area contributed by atoms with Crippen LogP contribution in [0.1, 0.15) is 5.76 Å². The van der Waals surface area contributed by atoms with Crippen LogP contribution in [0.5, 0.6) is 5.75 Å². The SMILES string of the molecule is O=C(COc1ccc2c(=O)c(-c3ccc(Cl)cc3)c(C(F)(F)F)oc2c1)Nc1ccccc1F. The molecule has 0 radical (unpaired) electrons. The summed E-state index contributed by atoms with van der Waals surface area (Å²) in [5.74, 6) is -2.83. The van der Waals surface area contributed by atoms with Crippen molar-refractivity contribution in [2.45, 2.75) is 6.18 Å². The average molecular weight is 492 g/mol. The molecule has 1 amide bonds. The molecule has 0 aliphatic carbocycles. The third kappa shape index (κ3) is 4.89. The zero-order chi connectivity index (χ0) is 24.5. The Bertz CT molecular complexity index is 1430. The van der Waals surface area contributed by atoms with Gasteiger partial charge >= 0.3 is 6.18 Å². The summed E-state index contributed by atoms with van der Waals surface area (Å²) in [5, 5.41) is 2.50. The molecule has 5 nitrogen and oxygen atoms in total. The lowest BCUT2D eigenvalue weighted by Gasteiger charge is -2.13. The topological polar surface area (TPSA) is 68.5 Å². The lowest BCUT2D eigenvalue weighted by molar-refractivity contribution is -0.152. The second kappa shape index (κ2) is 9.18. The quantitative estimate of drug-likeness (QED) is 0.333. The maximum absolute atomic E-state index is 13.7. The Balaban J connectivity index is 1.65. The third-order valence-corrected chi connectivity index (χ3v) is 5.02. The highest BCUT2D eigenvalue weighted by atomic mass is 35.5. The van der Waals surface area contributed by atoms with Crippen LogP contribution in [0.25, 0.3) is 22.1 Å². The molecule has 174 valence electrons. The molecular formula is C24H14ClF4NO4. The van der Waals surface area contributed by atoms with Gasteiger partial charge in [0.15, 0.2) is 6.61 Å². The molecular weight excluding hydrogens is 478 g/mol. The number of anilines is 1. The molecule has 0 spiro atoms.